The Kier molecular flexibility index (Phi) is 5.77. The van der Waals surface area contributed by atoms with Gasteiger partial charge in [0.1, 0.15) is 12.2 Å². The summed E-state index contributed by atoms with van der Waals surface area (Å²) in [5, 5.41) is 10.3. The van der Waals surface area contributed by atoms with Crippen molar-refractivity contribution in [2.45, 2.75) is 32.0 Å². The van der Waals surface area contributed by atoms with Crippen LogP contribution < -0.4 is 0 Å². The molecule has 2 aromatic rings. The van der Waals surface area contributed by atoms with Gasteiger partial charge in [-0.15, -0.1) is 0 Å². The molecule has 0 aliphatic carbocycles. The summed E-state index contributed by atoms with van der Waals surface area (Å²) in [5.74, 6) is 0. The second-order valence-corrected chi connectivity index (χ2v) is 5.70. The summed E-state index contributed by atoms with van der Waals surface area (Å²) in [6.07, 6.45) is -1.11. The van der Waals surface area contributed by atoms with E-state index in [1.165, 1.54) is 0 Å². The van der Waals surface area contributed by atoms with Gasteiger partial charge in [-0.1, -0.05) is 54.6 Å². The highest BCUT2D eigenvalue weighted by molar-refractivity contribution is 5.25. The van der Waals surface area contributed by atoms with Crippen LogP contribution in [-0.4, -0.2) is 30.5 Å². The lowest BCUT2D eigenvalue weighted by Gasteiger charge is -2.25. The lowest BCUT2D eigenvalue weighted by molar-refractivity contribution is -0.114. The minimum absolute atomic E-state index is 0.233. The van der Waals surface area contributed by atoms with Crippen molar-refractivity contribution in [2.75, 3.05) is 13.2 Å². The fourth-order valence-electron chi connectivity index (χ4n) is 2.57. The van der Waals surface area contributed by atoms with Crippen LogP contribution in [0.4, 0.5) is 0 Å². The van der Waals surface area contributed by atoms with Crippen molar-refractivity contribution in [1.82, 2.24) is 0 Å². The SMILES string of the molecule is O[C@H]1COCc2ccccc2COC[C@H]1OCc1ccccc1. The average molecular weight is 314 g/mol. The van der Waals surface area contributed by atoms with E-state index in [1.54, 1.807) is 0 Å². The smallest absolute Gasteiger partial charge is 0.109 e. The number of hydrogen-bond acceptors (Lipinski definition) is 4. The van der Waals surface area contributed by atoms with Gasteiger partial charge in [-0.05, 0) is 16.7 Å². The van der Waals surface area contributed by atoms with Crippen molar-refractivity contribution >= 4 is 0 Å². The van der Waals surface area contributed by atoms with Gasteiger partial charge in [0.05, 0.1) is 33.0 Å². The Morgan fingerprint density at radius 1 is 0.870 bits per heavy atom. The number of hydrogen-bond donors (Lipinski definition) is 1. The summed E-state index contributed by atoms with van der Waals surface area (Å²) < 4.78 is 17.3. The highest BCUT2D eigenvalue weighted by Crippen LogP contribution is 2.16. The zero-order valence-corrected chi connectivity index (χ0v) is 13.1. The number of aliphatic hydroxyl groups excluding tert-OH is 1. The number of aliphatic hydroxyl groups is 1. The van der Waals surface area contributed by atoms with Crippen molar-refractivity contribution in [2.24, 2.45) is 0 Å². The Morgan fingerprint density at radius 2 is 1.48 bits per heavy atom. The zero-order chi connectivity index (χ0) is 15.9. The van der Waals surface area contributed by atoms with E-state index in [0.29, 0.717) is 26.4 Å². The van der Waals surface area contributed by atoms with Crippen molar-refractivity contribution in [1.29, 1.82) is 0 Å². The largest absolute Gasteiger partial charge is 0.388 e. The first kappa shape index (κ1) is 16.1. The maximum atomic E-state index is 10.3. The third-order valence-corrected chi connectivity index (χ3v) is 3.94. The molecule has 1 N–H and O–H groups in total. The number of rotatable bonds is 3. The minimum atomic E-state index is -0.705. The molecule has 23 heavy (non-hydrogen) atoms. The molecule has 1 aliphatic rings. The average Bonchev–Trinajstić information content (AvgIpc) is 2.59. The normalized spacial score (nSPS) is 22.3. The van der Waals surface area contributed by atoms with Gasteiger partial charge in [0.2, 0.25) is 0 Å². The monoisotopic (exact) mass is 314 g/mol. The van der Waals surface area contributed by atoms with Crippen molar-refractivity contribution < 1.29 is 19.3 Å². The van der Waals surface area contributed by atoms with Crippen LogP contribution in [0.5, 0.6) is 0 Å². The van der Waals surface area contributed by atoms with Gasteiger partial charge >= 0.3 is 0 Å². The number of ether oxygens (including phenoxy) is 3. The topological polar surface area (TPSA) is 47.9 Å². The van der Waals surface area contributed by atoms with Gasteiger partial charge in [-0.3, -0.25) is 0 Å². The molecule has 0 spiro atoms. The Morgan fingerprint density at radius 3 is 2.17 bits per heavy atom. The van der Waals surface area contributed by atoms with E-state index in [9.17, 15) is 5.11 Å². The van der Waals surface area contributed by atoms with Crippen LogP contribution in [0.15, 0.2) is 54.6 Å². The molecule has 122 valence electrons. The van der Waals surface area contributed by atoms with Gasteiger partial charge in [0, 0.05) is 0 Å². The van der Waals surface area contributed by atoms with E-state index in [2.05, 4.69) is 0 Å². The zero-order valence-electron chi connectivity index (χ0n) is 13.1. The van der Waals surface area contributed by atoms with E-state index >= 15 is 0 Å². The molecule has 0 aromatic heterocycles. The molecule has 4 nitrogen and oxygen atoms in total. The molecule has 0 unspecified atom stereocenters. The number of benzene rings is 2. The third-order valence-electron chi connectivity index (χ3n) is 3.94. The van der Waals surface area contributed by atoms with Crippen molar-refractivity contribution in [3.05, 3.63) is 71.3 Å². The van der Waals surface area contributed by atoms with Gasteiger partial charge < -0.3 is 19.3 Å². The summed E-state index contributed by atoms with van der Waals surface area (Å²) in [7, 11) is 0. The predicted molar refractivity (Wildman–Crippen MR) is 86.8 cm³/mol. The highest BCUT2D eigenvalue weighted by Gasteiger charge is 2.22. The summed E-state index contributed by atoms with van der Waals surface area (Å²) >= 11 is 0. The quantitative estimate of drug-likeness (QED) is 0.946. The van der Waals surface area contributed by atoms with E-state index in [4.69, 9.17) is 14.2 Å². The molecular formula is C19H22O4. The Labute approximate surface area is 136 Å². The highest BCUT2D eigenvalue weighted by atomic mass is 16.5. The van der Waals surface area contributed by atoms with Crippen LogP contribution in [0.1, 0.15) is 16.7 Å². The summed E-state index contributed by atoms with van der Waals surface area (Å²) in [6.45, 7) is 1.99. The van der Waals surface area contributed by atoms with Crippen LogP contribution in [0, 0.1) is 0 Å². The molecule has 2 aromatic carbocycles. The molecule has 3 rings (SSSR count). The van der Waals surface area contributed by atoms with Gasteiger partial charge in [-0.25, -0.2) is 0 Å². The second-order valence-electron chi connectivity index (χ2n) is 5.70. The fourth-order valence-corrected chi connectivity index (χ4v) is 2.57. The first-order valence-corrected chi connectivity index (χ1v) is 7.89. The minimum Gasteiger partial charge on any atom is -0.388 e. The molecule has 1 aliphatic heterocycles. The van der Waals surface area contributed by atoms with E-state index in [-0.39, 0.29) is 6.61 Å². The molecule has 4 heteroatoms. The molecule has 2 atom stereocenters. The van der Waals surface area contributed by atoms with Crippen LogP contribution >= 0.6 is 0 Å². The maximum absolute atomic E-state index is 10.3. The Bertz CT molecular complexity index is 599. The van der Waals surface area contributed by atoms with Crippen LogP contribution in [0.25, 0.3) is 0 Å². The molecule has 1 heterocycles. The van der Waals surface area contributed by atoms with E-state index < -0.39 is 12.2 Å². The summed E-state index contributed by atoms with van der Waals surface area (Å²) in [4.78, 5) is 0. The lowest BCUT2D eigenvalue weighted by atomic mass is 10.1. The van der Waals surface area contributed by atoms with E-state index in [1.807, 2.05) is 54.6 Å². The van der Waals surface area contributed by atoms with Crippen LogP contribution in [0.3, 0.4) is 0 Å². The summed E-state index contributed by atoms with van der Waals surface area (Å²) in [6, 6.07) is 17.9. The third kappa shape index (κ3) is 4.62. The molecule has 0 amide bonds. The first-order valence-electron chi connectivity index (χ1n) is 7.89. The second kappa shape index (κ2) is 8.22. The number of fused-ring (bicyclic) bond motifs is 1. The van der Waals surface area contributed by atoms with Gasteiger partial charge in [0.25, 0.3) is 0 Å². The predicted octanol–water partition coefficient (Wildman–Crippen LogP) is 2.68. The Hall–Kier alpha value is -1.72. The molecule has 0 saturated carbocycles. The summed E-state index contributed by atoms with van der Waals surface area (Å²) in [5.41, 5.74) is 3.29. The van der Waals surface area contributed by atoms with Crippen molar-refractivity contribution in [3.8, 4) is 0 Å². The van der Waals surface area contributed by atoms with Crippen LogP contribution in [-0.2, 0) is 34.0 Å². The fraction of sp³-hybridized carbons (Fsp3) is 0.368. The van der Waals surface area contributed by atoms with Gasteiger partial charge in [-0.2, -0.15) is 0 Å². The molecule has 0 saturated heterocycles. The molecular weight excluding hydrogens is 292 g/mol. The van der Waals surface area contributed by atoms with Crippen LogP contribution in [0.2, 0.25) is 0 Å². The molecule has 0 radical (unpaired) electrons. The van der Waals surface area contributed by atoms with E-state index in [0.717, 1.165) is 16.7 Å². The maximum Gasteiger partial charge on any atom is 0.109 e. The van der Waals surface area contributed by atoms with Crippen molar-refractivity contribution in [3.63, 3.8) is 0 Å². The lowest BCUT2D eigenvalue weighted by Crippen LogP contribution is -2.37. The Balaban J connectivity index is 1.61. The standard InChI is InChI=1S/C19H22O4/c20-18-13-21-11-16-8-4-5-9-17(16)12-22-14-19(18)23-10-15-6-2-1-3-7-15/h1-9,18-20H,10-14H2/t18-,19+/m0/s1. The molecule has 0 bridgehead atoms. The first-order chi connectivity index (χ1) is 11.3. The molecule has 0 fully saturated rings. The van der Waals surface area contributed by atoms with Gasteiger partial charge in [0.15, 0.2) is 0 Å².